The third kappa shape index (κ3) is 30.9. The molecule has 0 bridgehead atoms. The Balaban J connectivity index is 0. The first-order valence-electron chi connectivity index (χ1n) is 14.8. The number of hydrogen-bond acceptors (Lipinski definition) is 5. The lowest BCUT2D eigenvalue weighted by Crippen LogP contribution is -2.31. The number of nitrogens with one attached hydrogen (secondary N) is 1. The third-order valence-electron chi connectivity index (χ3n) is 6.41. The highest BCUT2D eigenvalue weighted by Crippen LogP contribution is 2.11. The highest BCUT2D eigenvalue weighted by Gasteiger charge is 2.33. The molecular formula is C28H57NO7S. The van der Waals surface area contributed by atoms with Gasteiger partial charge in [-0.1, -0.05) is 129 Å². The molecule has 0 aliphatic rings. The molecule has 4 N–H and O–H groups in total. The van der Waals surface area contributed by atoms with Gasteiger partial charge in [0, 0.05) is 0 Å². The molecule has 0 aliphatic heterocycles. The van der Waals surface area contributed by atoms with E-state index < -0.39 is 33.7 Å². The zero-order chi connectivity index (χ0) is 28.2. The van der Waals surface area contributed by atoms with Crippen molar-refractivity contribution in [1.82, 2.24) is 5.32 Å². The maximum absolute atomic E-state index is 10.2. The molecule has 0 heterocycles. The van der Waals surface area contributed by atoms with Gasteiger partial charge in [-0.05, 0) is 25.9 Å². The van der Waals surface area contributed by atoms with Gasteiger partial charge in [0.15, 0.2) is 5.25 Å². The van der Waals surface area contributed by atoms with Crippen molar-refractivity contribution < 1.29 is 32.8 Å². The van der Waals surface area contributed by atoms with Crippen LogP contribution in [0.1, 0.15) is 149 Å². The Morgan fingerprint density at radius 2 is 0.892 bits per heavy atom. The minimum absolute atomic E-state index is 1.16. The molecular weight excluding hydrogens is 494 g/mol. The Morgan fingerprint density at radius 3 is 1.11 bits per heavy atom. The summed E-state index contributed by atoms with van der Waals surface area (Å²) in [5, 5.41) is 17.6. The SMILES string of the molecule is CCCCCCCCCCCCNCCCCCCCCCCCC.O=C(O)CC(C(=O)O)S(=O)(=O)O. The molecule has 8 nitrogen and oxygen atoms in total. The topological polar surface area (TPSA) is 141 Å². The maximum atomic E-state index is 10.2. The molecule has 37 heavy (non-hydrogen) atoms. The Bertz CT molecular complexity index is 604. The lowest BCUT2D eigenvalue weighted by molar-refractivity contribution is -0.143. The van der Waals surface area contributed by atoms with E-state index in [-0.39, 0.29) is 0 Å². The summed E-state index contributed by atoms with van der Waals surface area (Å²) in [6, 6.07) is 0. The molecule has 1 atom stereocenters. The van der Waals surface area contributed by atoms with Gasteiger partial charge in [0.25, 0.3) is 10.1 Å². The number of aliphatic carboxylic acids is 2. The van der Waals surface area contributed by atoms with E-state index in [9.17, 15) is 18.0 Å². The smallest absolute Gasteiger partial charge is 0.325 e. The summed E-state index contributed by atoms with van der Waals surface area (Å²) in [6.45, 7) is 7.08. The number of hydrogen-bond donors (Lipinski definition) is 4. The number of rotatable bonds is 26. The number of carbonyl (C=O) groups is 2. The van der Waals surface area contributed by atoms with Crippen LogP contribution < -0.4 is 5.32 Å². The largest absolute Gasteiger partial charge is 0.481 e. The maximum Gasteiger partial charge on any atom is 0.325 e. The molecule has 0 saturated heterocycles. The fourth-order valence-electron chi connectivity index (χ4n) is 4.08. The van der Waals surface area contributed by atoms with Crippen LogP contribution in [0.2, 0.25) is 0 Å². The van der Waals surface area contributed by atoms with Crippen molar-refractivity contribution in [3.05, 3.63) is 0 Å². The molecule has 0 spiro atoms. The molecule has 0 fully saturated rings. The molecule has 9 heteroatoms. The van der Waals surface area contributed by atoms with Crippen LogP contribution in [0.3, 0.4) is 0 Å². The zero-order valence-electron chi connectivity index (χ0n) is 23.7. The van der Waals surface area contributed by atoms with E-state index >= 15 is 0 Å². The molecule has 1 unspecified atom stereocenters. The van der Waals surface area contributed by atoms with Crippen molar-refractivity contribution >= 4 is 22.1 Å². The van der Waals surface area contributed by atoms with Gasteiger partial charge in [-0.3, -0.25) is 14.1 Å². The van der Waals surface area contributed by atoms with Gasteiger partial charge < -0.3 is 15.5 Å². The summed E-state index contributed by atoms with van der Waals surface area (Å²) < 4.78 is 28.7. The number of carboxylic acids is 2. The van der Waals surface area contributed by atoms with Crippen LogP contribution in [0.5, 0.6) is 0 Å². The number of unbranched alkanes of at least 4 members (excludes halogenated alkanes) is 18. The van der Waals surface area contributed by atoms with Gasteiger partial charge in [-0.15, -0.1) is 0 Å². The van der Waals surface area contributed by atoms with E-state index in [1.807, 2.05) is 0 Å². The standard InChI is InChI=1S/C24H51N.C4H6O7S/c1-3-5-7-9-11-13-15-17-19-21-23-25-24-22-20-18-16-14-12-10-8-6-4-2;5-3(6)1-2(4(7)8)12(9,10)11/h25H,3-24H2,1-2H3;2H,1H2,(H,5,6)(H,7,8)(H,9,10,11). The first-order chi connectivity index (χ1) is 17.7. The van der Waals surface area contributed by atoms with E-state index in [2.05, 4.69) is 19.2 Å². The number of carboxylic acid groups (broad SMARTS) is 2. The van der Waals surface area contributed by atoms with Crippen LogP contribution in [-0.4, -0.2) is 53.5 Å². The molecule has 0 aromatic rings. The van der Waals surface area contributed by atoms with E-state index in [1.54, 1.807) is 0 Å². The van der Waals surface area contributed by atoms with E-state index in [0.717, 1.165) is 0 Å². The molecule has 0 amide bonds. The van der Waals surface area contributed by atoms with Crippen molar-refractivity contribution in [2.24, 2.45) is 0 Å². The van der Waals surface area contributed by atoms with Crippen molar-refractivity contribution in [2.75, 3.05) is 13.1 Å². The summed E-state index contributed by atoms with van der Waals surface area (Å²) in [4.78, 5) is 20.0. The highest BCUT2D eigenvalue weighted by molar-refractivity contribution is 7.87. The fourth-order valence-corrected chi connectivity index (χ4v) is 4.69. The Kier molecular flexibility index (Phi) is 28.6. The van der Waals surface area contributed by atoms with Gasteiger partial charge in [-0.2, -0.15) is 8.42 Å². The van der Waals surface area contributed by atoms with Crippen LogP contribution in [0, 0.1) is 0 Å². The minimum atomic E-state index is -4.84. The van der Waals surface area contributed by atoms with Crippen molar-refractivity contribution in [3.8, 4) is 0 Å². The summed E-state index contributed by atoms with van der Waals surface area (Å²) >= 11 is 0. The average molecular weight is 552 g/mol. The minimum Gasteiger partial charge on any atom is -0.481 e. The summed E-state index contributed by atoms with van der Waals surface area (Å²) in [5.74, 6) is -3.50. The monoisotopic (exact) mass is 551 g/mol. The highest BCUT2D eigenvalue weighted by atomic mass is 32.2. The second-order valence-corrected chi connectivity index (χ2v) is 11.7. The van der Waals surface area contributed by atoms with Gasteiger partial charge in [-0.25, -0.2) is 0 Å². The van der Waals surface area contributed by atoms with Crippen LogP contribution in [0.4, 0.5) is 0 Å². The van der Waals surface area contributed by atoms with Crippen LogP contribution >= 0.6 is 0 Å². The van der Waals surface area contributed by atoms with E-state index in [0.29, 0.717) is 0 Å². The Morgan fingerprint density at radius 1 is 0.595 bits per heavy atom. The Hall–Kier alpha value is -1.19. The molecule has 0 aliphatic carbocycles. The second kappa shape index (κ2) is 27.8. The lowest BCUT2D eigenvalue weighted by Gasteiger charge is -2.05. The van der Waals surface area contributed by atoms with Crippen LogP contribution in [0.15, 0.2) is 0 Å². The molecule has 0 radical (unpaired) electrons. The zero-order valence-corrected chi connectivity index (χ0v) is 24.5. The first kappa shape index (κ1) is 38.0. The molecule has 0 aromatic carbocycles. The predicted octanol–water partition coefficient (Wildman–Crippen LogP) is 7.22. The van der Waals surface area contributed by atoms with Crippen molar-refractivity contribution in [3.63, 3.8) is 0 Å². The van der Waals surface area contributed by atoms with E-state index in [4.69, 9.17) is 14.8 Å². The summed E-state index contributed by atoms with van der Waals surface area (Å²) in [7, 11) is -4.84. The summed E-state index contributed by atoms with van der Waals surface area (Å²) in [6.07, 6.45) is 27.6. The quantitative estimate of drug-likeness (QED) is 0.0652. The predicted molar refractivity (Wildman–Crippen MR) is 152 cm³/mol. The summed E-state index contributed by atoms with van der Waals surface area (Å²) in [5.41, 5.74) is 0. The molecule has 0 rings (SSSR count). The fraction of sp³-hybridized carbons (Fsp3) is 0.929. The molecule has 0 saturated carbocycles. The van der Waals surface area contributed by atoms with Crippen molar-refractivity contribution in [1.29, 1.82) is 0 Å². The first-order valence-corrected chi connectivity index (χ1v) is 16.3. The van der Waals surface area contributed by atoms with Gasteiger partial charge >= 0.3 is 11.9 Å². The van der Waals surface area contributed by atoms with Gasteiger partial charge in [0.2, 0.25) is 0 Å². The molecule has 222 valence electrons. The molecule has 0 aromatic heterocycles. The van der Waals surface area contributed by atoms with Crippen LogP contribution in [0.25, 0.3) is 0 Å². The third-order valence-corrected chi connectivity index (χ3v) is 7.50. The normalized spacial score (nSPS) is 12.1. The second-order valence-electron chi connectivity index (χ2n) is 10.1. The van der Waals surface area contributed by atoms with Crippen molar-refractivity contribution in [2.45, 2.75) is 154 Å². The average Bonchev–Trinajstić information content (AvgIpc) is 2.83. The lowest BCUT2D eigenvalue weighted by atomic mass is 10.1. The van der Waals surface area contributed by atoms with E-state index in [1.165, 1.54) is 142 Å². The van der Waals surface area contributed by atoms with Gasteiger partial charge in [0.1, 0.15) is 0 Å². The van der Waals surface area contributed by atoms with Gasteiger partial charge in [0.05, 0.1) is 6.42 Å². The Labute approximate surface area is 227 Å². The van der Waals surface area contributed by atoms with Crippen LogP contribution in [-0.2, 0) is 19.7 Å².